The van der Waals surface area contributed by atoms with Crippen LogP contribution in [0.3, 0.4) is 0 Å². The van der Waals surface area contributed by atoms with Gasteiger partial charge < -0.3 is 19.7 Å². The second-order valence-electron chi connectivity index (χ2n) is 2.54. The Morgan fingerprint density at radius 3 is 2.85 bits per heavy atom. The van der Waals surface area contributed by atoms with E-state index >= 15 is 0 Å². The zero-order valence-electron chi connectivity index (χ0n) is 7.69. The first kappa shape index (κ1) is 10.1. The van der Waals surface area contributed by atoms with Gasteiger partial charge in [-0.15, -0.1) is 0 Å². The summed E-state index contributed by atoms with van der Waals surface area (Å²) in [7, 11) is 3.12. The van der Waals surface area contributed by atoms with Gasteiger partial charge in [0, 0.05) is 14.2 Å². The number of nitrogens with two attached hydrogens (primary N) is 1. The van der Waals surface area contributed by atoms with Crippen LogP contribution in [-0.2, 0) is 16.1 Å². The Bertz CT molecular complexity index is 251. The third-order valence-corrected chi connectivity index (χ3v) is 1.42. The van der Waals surface area contributed by atoms with Gasteiger partial charge in [0.05, 0.1) is 6.61 Å². The molecule has 0 radical (unpaired) electrons. The molecule has 1 heterocycles. The van der Waals surface area contributed by atoms with Crippen molar-refractivity contribution >= 4 is 0 Å². The highest BCUT2D eigenvalue weighted by Crippen LogP contribution is 2.07. The number of hydrogen-bond acceptors (Lipinski definition) is 6. The maximum atomic E-state index is 5.65. The molecule has 1 aromatic heterocycles. The molecule has 0 bridgehead atoms. The number of rotatable bonds is 5. The van der Waals surface area contributed by atoms with Crippen LogP contribution >= 0.6 is 0 Å². The topological polar surface area (TPSA) is 83.4 Å². The molecule has 0 aliphatic heterocycles. The zero-order valence-corrected chi connectivity index (χ0v) is 7.69. The van der Waals surface area contributed by atoms with Gasteiger partial charge in [-0.25, -0.2) is 0 Å². The van der Waals surface area contributed by atoms with Crippen LogP contribution in [0.2, 0.25) is 0 Å². The lowest BCUT2D eigenvalue weighted by atomic mass is 10.3. The fourth-order valence-electron chi connectivity index (χ4n) is 0.857. The maximum absolute atomic E-state index is 5.65. The van der Waals surface area contributed by atoms with Crippen molar-refractivity contribution in [2.75, 3.05) is 20.8 Å². The highest BCUT2D eigenvalue weighted by Gasteiger charge is 2.13. The molecule has 1 unspecified atom stereocenters. The highest BCUT2D eigenvalue weighted by molar-refractivity contribution is 4.90. The molecule has 0 saturated carbocycles. The third kappa shape index (κ3) is 2.76. The Kier molecular flexibility index (Phi) is 3.81. The molecule has 0 spiro atoms. The van der Waals surface area contributed by atoms with Crippen molar-refractivity contribution in [2.45, 2.75) is 12.6 Å². The molecule has 0 saturated heterocycles. The predicted octanol–water partition coefficient (Wildman–Crippen LogP) is -0.138. The van der Waals surface area contributed by atoms with Crippen molar-refractivity contribution < 1.29 is 14.0 Å². The minimum atomic E-state index is -0.372. The smallest absolute Gasteiger partial charge is 0.246 e. The quantitative estimate of drug-likeness (QED) is 0.690. The normalized spacial score (nSPS) is 13.2. The lowest BCUT2D eigenvalue weighted by Crippen LogP contribution is -2.16. The van der Waals surface area contributed by atoms with Crippen LogP contribution < -0.4 is 5.73 Å². The molecule has 1 rings (SSSR count). The van der Waals surface area contributed by atoms with Crippen molar-refractivity contribution in [1.29, 1.82) is 0 Å². The summed E-state index contributed by atoms with van der Waals surface area (Å²) >= 11 is 0. The molecule has 0 fully saturated rings. The van der Waals surface area contributed by atoms with Gasteiger partial charge in [0.15, 0.2) is 5.82 Å². The monoisotopic (exact) mass is 187 g/mol. The molecule has 1 aromatic rings. The first-order valence-electron chi connectivity index (χ1n) is 3.84. The first-order valence-corrected chi connectivity index (χ1v) is 3.84. The van der Waals surface area contributed by atoms with E-state index in [-0.39, 0.29) is 6.04 Å². The van der Waals surface area contributed by atoms with Crippen molar-refractivity contribution in [2.24, 2.45) is 5.73 Å². The number of ether oxygens (including phenoxy) is 2. The molecular weight excluding hydrogens is 174 g/mol. The minimum Gasteiger partial charge on any atom is -0.383 e. The SMILES string of the molecule is COCc1noc(C(N)COC)n1. The molecule has 2 N–H and O–H groups in total. The van der Waals surface area contributed by atoms with Crippen molar-refractivity contribution in [3.05, 3.63) is 11.7 Å². The van der Waals surface area contributed by atoms with Crippen LogP contribution in [0.4, 0.5) is 0 Å². The fourth-order valence-corrected chi connectivity index (χ4v) is 0.857. The summed E-state index contributed by atoms with van der Waals surface area (Å²) in [5.74, 6) is 0.859. The average Bonchev–Trinajstić information content (AvgIpc) is 2.54. The first-order chi connectivity index (χ1) is 6.27. The Morgan fingerprint density at radius 1 is 1.46 bits per heavy atom. The number of aromatic nitrogens is 2. The van der Waals surface area contributed by atoms with Crippen LogP contribution in [0.5, 0.6) is 0 Å². The van der Waals surface area contributed by atoms with E-state index in [2.05, 4.69) is 10.1 Å². The molecule has 13 heavy (non-hydrogen) atoms. The molecule has 6 heteroatoms. The second kappa shape index (κ2) is 4.90. The standard InChI is InChI=1S/C7H13N3O3/c1-11-3-5(8)7-9-6(4-12-2)10-13-7/h5H,3-4,8H2,1-2H3. The Balaban J connectivity index is 2.56. The van der Waals surface area contributed by atoms with Crippen molar-refractivity contribution in [1.82, 2.24) is 10.1 Å². The van der Waals surface area contributed by atoms with Crippen LogP contribution in [-0.4, -0.2) is 31.0 Å². The molecular formula is C7H13N3O3. The van der Waals surface area contributed by atoms with Gasteiger partial charge in [0.25, 0.3) is 0 Å². The van der Waals surface area contributed by atoms with E-state index in [1.807, 2.05) is 0 Å². The largest absolute Gasteiger partial charge is 0.383 e. The molecule has 0 aromatic carbocycles. The van der Waals surface area contributed by atoms with Gasteiger partial charge in [-0.05, 0) is 0 Å². The molecule has 1 atom stereocenters. The molecule has 6 nitrogen and oxygen atoms in total. The van der Waals surface area contributed by atoms with Crippen LogP contribution in [0.25, 0.3) is 0 Å². The predicted molar refractivity (Wildman–Crippen MR) is 43.8 cm³/mol. The summed E-state index contributed by atoms with van der Waals surface area (Å²) in [6, 6.07) is -0.372. The summed E-state index contributed by atoms with van der Waals surface area (Å²) in [6.07, 6.45) is 0. The van der Waals surface area contributed by atoms with Gasteiger partial charge in [0.1, 0.15) is 12.6 Å². The zero-order chi connectivity index (χ0) is 9.68. The maximum Gasteiger partial charge on any atom is 0.246 e. The van der Waals surface area contributed by atoms with E-state index in [0.717, 1.165) is 0 Å². The molecule has 74 valence electrons. The number of nitrogens with zero attached hydrogens (tertiary/aromatic N) is 2. The lowest BCUT2D eigenvalue weighted by Gasteiger charge is -2.02. The summed E-state index contributed by atoms with van der Waals surface area (Å²) in [5, 5.41) is 3.66. The van der Waals surface area contributed by atoms with Gasteiger partial charge in [0.2, 0.25) is 5.89 Å². The average molecular weight is 187 g/mol. The van der Waals surface area contributed by atoms with Gasteiger partial charge in [-0.1, -0.05) is 5.16 Å². The van der Waals surface area contributed by atoms with E-state index in [4.69, 9.17) is 19.7 Å². The van der Waals surface area contributed by atoms with Crippen LogP contribution in [0.1, 0.15) is 17.8 Å². The molecule has 0 aliphatic rings. The van der Waals surface area contributed by atoms with E-state index in [0.29, 0.717) is 24.9 Å². The summed E-state index contributed by atoms with van der Waals surface area (Å²) in [6.45, 7) is 0.678. The van der Waals surface area contributed by atoms with E-state index < -0.39 is 0 Å². The van der Waals surface area contributed by atoms with Crippen LogP contribution in [0, 0.1) is 0 Å². The van der Waals surface area contributed by atoms with Gasteiger partial charge in [-0.2, -0.15) is 4.98 Å². The Morgan fingerprint density at radius 2 is 2.23 bits per heavy atom. The summed E-state index contributed by atoms with van der Waals surface area (Å²) in [5.41, 5.74) is 5.65. The number of hydrogen-bond donors (Lipinski definition) is 1. The minimum absolute atomic E-state index is 0.323. The van der Waals surface area contributed by atoms with Crippen LogP contribution in [0.15, 0.2) is 4.52 Å². The second-order valence-corrected chi connectivity index (χ2v) is 2.54. The fraction of sp³-hybridized carbons (Fsp3) is 0.714. The Hall–Kier alpha value is -0.980. The van der Waals surface area contributed by atoms with E-state index in [9.17, 15) is 0 Å². The van der Waals surface area contributed by atoms with Gasteiger partial charge >= 0.3 is 0 Å². The third-order valence-electron chi connectivity index (χ3n) is 1.42. The van der Waals surface area contributed by atoms with E-state index in [1.54, 1.807) is 14.2 Å². The Labute approximate surface area is 76.0 Å². The van der Waals surface area contributed by atoms with Gasteiger partial charge in [-0.3, -0.25) is 0 Å². The number of methoxy groups -OCH3 is 2. The molecule has 0 aliphatic carbocycles. The van der Waals surface area contributed by atoms with E-state index in [1.165, 1.54) is 0 Å². The van der Waals surface area contributed by atoms with Crippen molar-refractivity contribution in [3.8, 4) is 0 Å². The van der Waals surface area contributed by atoms with Crippen molar-refractivity contribution in [3.63, 3.8) is 0 Å². The highest BCUT2D eigenvalue weighted by atomic mass is 16.5. The lowest BCUT2D eigenvalue weighted by molar-refractivity contribution is 0.165. The molecule has 0 amide bonds. The summed E-state index contributed by atoms with van der Waals surface area (Å²) < 4.78 is 14.6. The summed E-state index contributed by atoms with van der Waals surface area (Å²) in [4.78, 5) is 4.01.